The normalized spacial score (nSPS) is 12.3. The molecular formula is C17H28BrIN4O. The lowest BCUT2D eigenvalue weighted by atomic mass is 10.1. The van der Waals surface area contributed by atoms with Gasteiger partial charge in [0.15, 0.2) is 5.96 Å². The van der Waals surface area contributed by atoms with E-state index in [4.69, 9.17) is 0 Å². The van der Waals surface area contributed by atoms with Crippen molar-refractivity contribution in [2.45, 2.75) is 33.2 Å². The van der Waals surface area contributed by atoms with Crippen LogP contribution in [0.5, 0.6) is 0 Å². The van der Waals surface area contributed by atoms with Crippen LogP contribution in [0.1, 0.15) is 37.6 Å². The highest BCUT2D eigenvalue weighted by Crippen LogP contribution is 2.11. The second kappa shape index (κ2) is 12.5. The maximum atomic E-state index is 12.0. The molecule has 24 heavy (non-hydrogen) atoms. The zero-order valence-corrected chi connectivity index (χ0v) is 18.6. The molecule has 1 unspecified atom stereocenters. The van der Waals surface area contributed by atoms with E-state index in [1.807, 2.05) is 18.2 Å². The molecule has 0 radical (unpaired) electrons. The first-order valence-corrected chi connectivity index (χ1v) is 8.74. The van der Waals surface area contributed by atoms with Crippen LogP contribution in [0.15, 0.2) is 33.7 Å². The summed E-state index contributed by atoms with van der Waals surface area (Å²) in [5.41, 5.74) is 0.663. The van der Waals surface area contributed by atoms with Crippen molar-refractivity contribution in [3.05, 3.63) is 34.3 Å². The SMILES string of the molecule is CN=C(NCCCNC(=O)c1cccc(Br)c1)NC(C)C(C)C.I. The largest absolute Gasteiger partial charge is 0.356 e. The highest BCUT2D eigenvalue weighted by atomic mass is 127. The molecule has 0 bridgehead atoms. The van der Waals surface area contributed by atoms with E-state index in [-0.39, 0.29) is 29.9 Å². The predicted octanol–water partition coefficient (Wildman–Crippen LogP) is 3.40. The summed E-state index contributed by atoms with van der Waals surface area (Å²) in [5.74, 6) is 1.28. The van der Waals surface area contributed by atoms with Gasteiger partial charge in [-0.25, -0.2) is 0 Å². The number of benzene rings is 1. The van der Waals surface area contributed by atoms with Crippen molar-refractivity contribution >= 4 is 51.8 Å². The van der Waals surface area contributed by atoms with Crippen LogP contribution in [0.25, 0.3) is 0 Å². The summed E-state index contributed by atoms with van der Waals surface area (Å²) in [6.07, 6.45) is 0.830. The molecule has 3 N–H and O–H groups in total. The summed E-state index contributed by atoms with van der Waals surface area (Å²) in [6, 6.07) is 7.73. The second-order valence-corrected chi connectivity index (χ2v) is 6.71. The van der Waals surface area contributed by atoms with Crippen LogP contribution in [0, 0.1) is 5.92 Å². The minimum absolute atomic E-state index is 0. The lowest BCUT2D eigenvalue weighted by molar-refractivity contribution is 0.0953. The lowest BCUT2D eigenvalue weighted by Gasteiger charge is -2.20. The molecular weight excluding hydrogens is 483 g/mol. The summed E-state index contributed by atoms with van der Waals surface area (Å²) in [5, 5.41) is 9.52. The number of guanidine groups is 1. The summed E-state index contributed by atoms with van der Waals surface area (Å²) < 4.78 is 0.904. The van der Waals surface area contributed by atoms with E-state index in [2.05, 4.69) is 57.6 Å². The minimum atomic E-state index is -0.0535. The number of amides is 1. The molecule has 1 amide bonds. The van der Waals surface area contributed by atoms with Gasteiger partial charge in [-0.05, 0) is 37.5 Å². The average Bonchev–Trinajstić information content (AvgIpc) is 2.52. The Hall–Kier alpha value is -0.830. The fourth-order valence-electron chi connectivity index (χ4n) is 1.81. The molecule has 1 aromatic rings. The van der Waals surface area contributed by atoms with Crippen molar-refractivity contribution < 1.29 is 4.79 Å². The van der Waals surface area contributed by atoms with E-state index < -0.39 is 0 Å². The van der Waals surface area contributed by atoms with Gasteiger partial charge in [0.1, 0.15) is 0 Å². The molecule has 0 saturated carbocycles. The fourth-order valence-corrected chi connectivity index (χ4v) is 2.21. The van der Waals surface area contributed by atoms with Crippen molar-refractivity contribution in [1.29, 1.82) is 0 Å². The van der Waals surface area contributed by atoms with Gasteiger partial charge in [0.05, 0.1) is 0 Å². The number of carbonyl (C=O) groups is 1. The Kier molecular flexibility index (Phi) is 12.1. The molecule has 0 aliphatic carbocycles. The zero-order chi connectivity index (χ0) is 17.2. The quantitative estimate of drug-likeness (QED) is 0.228. The standard InChI is InChI=1S/C17H27BrN4O.HI/c1-12(2)13(3)22-17(19-4)21-10-6-9-20-16(23)14-7-5-8-15(18)11-14;/h5,7-8,11-13H,6,9-10H2,1-4H3,(H,20,23)(H2,19,21,22);1H. The third kappa shape index (κ3) is 8.86. The molecule has 1 atom stereocenters. The number of aliphatic imine (C=N–C) groups is 1. The first-order valence-electron chi connectivity index (χ1n) is 7.95. The van der Waals surface area contributed by atoms with Crippen LogP contribution in [-0.2, 0) is 0 Å². The van der Waals surface area contributed by atoms with Crippen LogP contribution < -0.4 is 16.0 Å². The van der Waals surface area contributed by atoms with Crippen LogP contribution in [-0.4, -0.2) is 38.0 Å². The van der Waals surface area contributed by atoms with E-state index in [0.29, 0.717) is 24.1 Å². The molecule has 0 aromatic heterocycles. The molecule has 0 spiro atoms. The molecule has 5 nitrogen and oxygen atoms in total. The van der Waals surface area contributed by atoms with Gasteiger partial charge in [-0.3, -0.25) is 9.79 Å². The summed E-state index contributed by atoms with van der Waals surface area (Å²) in [6.45, 7) is 7.85. The van der Waals surface area contributed by atoms with Crippen molar-refractivity contribution in [3.8, 4) is 0 Å². The van der Waals surface area contributed by atoms with E-state index >= 15 is 0 Å². The van der Waals surface area contributed by atoms with Crippen LogP contribution >= 0.6 is 39.9 Å². The van der Waals surface area contributed by atoms with Crippen LogP contribution in [0.2, 0.25) is 0 Å². The average molecular weight is 511 g/mol. The van der Waals surface area contributed by atoms with Gasteiger partial charge >= 0.3 is 0 Å². The Bertz CT molecular complexity index is 537. The van der Waals surface area contributed by atoms with Gasteiger partial charge in [-0.1, -0.05) is 35.8 Å². The number of rotatable bonds is 7. The molecule has 136 valence electrons. The molecule has 0 saturated heterocycles. The number of nitrogens with one attached hydrogen (secondary N) is 3. The van der Waals surface area contributed by atoms with Gasteiger partial charge in [-0.15, -0.1) is 24.0 Å². The zero-order valence-electron chi connectivity index (χ0n) is 14.7. The fraction of sp³-hybridized carbons (Fsp3) is 0.529. The van der Waals surface area contributed by atoms with Crippen molar-refractivity contribution in [1.82, 2.24) is 16.0 Å². The number of halogens is 2. The Morgan fingerprint density at radius 3 is 2.46 bits per heavy atom. The number of carbonyl (C=O) groups excluding carboxylic acids is 1. The van der Waals surface area contributed by atoms with E-state index in [0.717, 1.165) is 23.4 Å². The second-order valence-electron chi connectivity index (χ2n) is 5.80. The maximum absolute atomic E-state index is 12.0. The van der Waals surface area contributed by atoms with Gasteiger partial charge in [0.25, 0.3) is 5.91 Å². The Balaban J connectivity index is 0.00000529. The van der Waals surface area contributed by atoms with E-state index in [1.165, 1.54) is 0 Å². The van der Waals surface area contributed by atoms with E-state index in [1.54, 1.807) is 13.1 Å². The third-order valence-corrected chi connectivity index (χ3v) is 4.10. The summed E-state index contributed by atoms with van der Waals surface area (Å²) in [7, 11) is 1.76. The van der Waals surface area contributed by atoms with Gasteiger partial charge < -0.3 is 16.0 Å². The van der Waals surface area contributed by atoms with Crippen LogP contribution in [0.4, 0.5) is 0 Å². The lowest BCUT2D eigenvalue weighted by Crippen LogP contribution is -2.44. The monoisotopic (exact) mass is 510 g/mol. The Morgan fingerprint density at radius 2 is 1.88 bits per heavy atom. The minimum Gasteiger partial charge on any atom is -0.356 e. The van der Waals surface area contributed by atoms with Crippen molar-refractivity contribution in [2.75, 3.05) is 20.1 Å². The Labute approximate surface area is 170 Å². The predicted molar refractivity (Wildman–Crippen MR) is 115 cm³/mol. The Morgan fingerprint density at radius 1 is 1.21 bits per heavy atom. The molecule has 0 aliphatic rings. The molecule has 0 aliphatic heterocycles. The number of nitrogens with zero attached hydrogens (tertiary/aromatic N) is 1. The first-order chi connectivity index (χ1) is 10.9. The molecule has 0 heterocycles. The third-order valence-electron chi connectivity index (χ3n) is 3.61. The van der Waals surface area contributed by atoms with Crippen LogP contribution in [0.3, 0.4) is 0 Å². The molecule has 1 aromatic carbocycles. The topological polar surface area (TPSA) is 65.5 Å². The van der Waals surface area contributed by atoms with E-state index in [9.17, 15) is 4.79 Å². The number of hydrogen-bond donors (Lipinski definition) is 3. The number of hydrogen-bond acceptors (Lipinski definition) is 2. The molecule has 0 fully saturated rings. The maximum Gasteiger partial charge on any atom is 0.251 e. The highest BCUT2D eigenvalue weighted by Gasteiger charge is 2.08. The smallest absolute Gasteiger partial charge is 0.251 e. The van der Waals surface area contributed by atoms with Gasteiger partial charge in [0.2, 0.25) is 0 Å². The molecule has 1 rings (SSSR count). The summed E-state index contributed by atoms with van der Waals surface area (Å²) in [4.78, 5) is 16.2. The highest BCUT2D eigenvalue weighted by molar-refractivity contribution is 14.0. The molecule has 7 heteroatoms. The van der Waals surface area contributed by atoms with Crippen molar-refractivity contribution in [3.63, 3.8) is 0 Å². The first kappa shape index (κ1) is 23.2. The van der Waals surface area contributed by atoms with Gasteiger partial charge in [-0.2, -0.15) is 0 Å². The van der Waals surface area contributed by atoms with Crippen molar-refractivity contribution in [2.24, 2.45) is 10.9 Å². The van der Waals surface area contributed by atoms with Gasteiger partial charge in [0, 0.05) is 36.2 Å². The summed E-state index contributed by atoms with van der Waals surface area (Å²) >= 11 is 3.37.